The van der Waals surface area contributed by atoms with Gasteiger partial charge in [-0.2, -0.15) is 5.26 Å². The van der Waals surface area contributed by atoms with Gasteiger partial charge in [0, 0.05) is 12.5 Å². The average molecular weight is 285 g/mol. The number of aromatic nitrogens is 1. The molecule has 1 aliphatic heterocycles. The summed E-state index contributed by atoms with van der Waals surface area (Å²) in [5.74, 6) is 0.732. The first-order chi connectivity index (χ1) is 9.76. The summed E-state index contributed by atoms with van der Waals surface area (Å²) in [4.78, 5) is 7.20. The predicted molar refractivity (Wildman–Crippen MR) is 82.8 cm³/mol. The van der Waals surface area contributed by atoms with Crippen molar-refractivity contribution in [3.8, 4) is 6.07 Å². The summed E-state index contributed by atoms with van der Waals surface area (Å²) in [5, 5.41) is 10.2. The summed E-state index contributed by atoms with van der Waals surface area (Å²) >= 11 is 1.84. The van der Waals surface area contributed by atoms with Gasteiger partial charge in [0.05, 0.1) is 27.2 Å². The minimum Gasteiger partial charge on any atom is -0.302 e. The van der Waals surface area contributed by atoms with E-state index in [2.05, 4.69) is 35.2 Å². The Kier molecular flexibility index (Phi) is 4.00. The fourth-order valence-corrected chi connectivity index (χ4v) is 3.99. The Morgan fingerprint density at radius 3 is 2.85 bits per heavy atom. The zero-order valence-electron chi connectivity index (χ0n) is 11.7. The molecule has 2 aromatic rings. The molecule has 2 heterocycles. The van der Waals surface area contributed by atoms with Crippen molar-refractivity contribution in [3.63, 3.8) is 0 Å². The summed E-state index contributed by atoms with van der Waals surface area (Å²) < 4.78 is 1.29. The zero-order chi connectivity index (χ0) is 13.9. The van der Waals surface area contributed by atoms with Crippen LogP contribution in [-0.4, -0.2) is 29.5 Å². The van der Waals surface area contributed by atoms with Crippen molar-refractivity contribution in [1.29, 1.82) is 5.26 Å². The Balaban J connectivity index is 1.64. The number of nitrogens with zero attached hydrogens (tertiary/aromatic N) is 3. The van der Waals surface area contributed by atoms with Crippen molar-refractivity contribution >= 4 is 21.6 Å². The molecule has 0 bridgehead atoms. The zero-order valence-corrected chi connectivity index (χ0v) is 12.6. The molecule has 0 radical (unpaired) electrons. The molecule has 1 fully saturated rings. The molecule has 0 aliphatic carbocycles. The molecule has 3 nitrogen and oxygen atoms in total. The molecular weight excluding hydrogens is 266 g/mol. The normalized spacial score (nSPS) is 19.0. The van der Waals surface area contributed by atoms with Gasteiger partial charge in [-0.15, -0.1) is 11.3 Å². The Bertz CT molecular complexity index is 587. The Morgan fingerprint density at radius 1 is 1.40 bits per heavy atom. The lowest BCUT2D eigenvalue weighted by molar-refractivity contribution is 0.199. The number of fused-ring (bicyclic) bond motifs is 1. The lowest BCUT2D eigenvalue weighted by Crippen LogP contribution is -2.35. The second kappa shape index (κ2) is 5.90. The summed E-state index contributed by atoms with van der Waals surface area (Å²) in [7, 11) is 0. The largest absolute Gasteiger partial charge is 0.302 e. The summed E-state index contributed by atoms with van der Waals surface area (Å²) in [5.41, 5.74) is 1.13. The van der Waals surface area contributed by atoms with Crippen molar-refractivity contribution in [1.82, 2.24) is 9.88 Å². The van der Waals surface area contributed by atoms with E-state index >= 15 is 0 Å². The lowest BCUT2D eigenvalue weighted by Gasteiger charge is -2.31. The quantitative estimate of drug-likeness (QED) is 0.864. The molecule has 1 saturated heterocycles. The van der Waals surface area contributed by atoms with Gasteiger partial charge >= 0.3 is 0 Å². The number of likely N-dealkylation sites (tertiary alicyclic amines) is 1. The second-order valence-electron chi connectivity index (χ2n) is 5.62. The number of para-hydroxylation sites is 1. The monoisotopic (exact) mass is 285 g/mol. The first kappa shape index (κ1) is 13.5. The van der Waals surface area contributed by atoms with E-state index in [0.29, 0.717) is 5.92 Å². The van der Waals surface area contributed by atoms with Crippen molar-refractivity contribution in [3.05, 3.63) is 29.3 Å². The van der Waals surface area contributed by atoms with Crippen LogP contribution in [0.4, 0.5) is 0 Å². The maximum absolute atomic E-state index is 8.89. The Hall–Kier alpha value is -1.44. The van der Waals surface area contributed by atoms with E-state index in [0.717, 1.165) is 38.0 Å². The highest BCUT2D eigenvalue weighted by molar-refractivity contribution is 7.18. The smallest absolute Gasteiger partial charge is 0.0970 e. The van der Waals surface area contributed by atoms with Crippen LogP contribution in [0.3, 0.4) is 0 Å². The third-order valence-corrected chi connectivity index (χ3v) is 5.20. The summed E-state index contributed by atoms with van der Waals surface area (Å²) in [6.07, 6.45) is 2.33. The van der Waals surface area contributed by atoms with Crippen LogP contribution in [-0.2, 0) is 0 Å². The predicted octanol–water partition coefficient (Wildman–Crippen LogP) is 3.64. The number of hydrogen-bond donors (Lipinski definition) is 0. The summed E-state index contributed by atoms with van der Waals surface area (Å²) in [6.45, 7) is 5.09. The molecule has 0 spiro atoms. The number of piperidine rings is 1. The van der Waals surface area contributed by atoms with Crippen molar-refractivity contribution in [2.45, 2.75) is 25.7 Å². The van der Waals surface area contributed by atoms with E-state index < -0.39 is 0 Å². The Labute approximate surface area is 123 Å². The number of nitriles is 1. The highest BCUT2D eigenvalue weighted by Gasteiger charge is 2.23. The van der Waals surface area contributed by atoms with Gasteiger partial charge in [-0.05, 0) is 45.0 Å². The molecule has 1 aromatic carbocycles. The molecule has 0 unspecified atom stereocenters. The van der Waals surface area contributed by atoms with Gasteiger partial charge in [-0.3, -0.25) is 0 Å². The topological polar surface area (TPSA) is 39.9 Å². The van der Waals surface area contributed by atoms with Crippen LogP contribution in [0.1, 0.15) is 30.7 Å². The van der Waals surface area contributed by atoms with E-state index in [1.54, 1.807) is 0 Å². The van der Waals surface area contributed by atoms with Crippen LogP contribution >= 0.6 is 11.3 Å². The number of thiazole rings is 1. The molecule has 4 heteroatoms. The number of rotatable bonds is 3. The lowest BCUT2D eigenvalue weighted by atomic mass is 9.97. The molecule has 1 aromatic heterocycles. The molecule has 20 heavy (non-hydrogen) atoms. The van der Waals surface area contributed by atoms with Gasteiger partial charge in [0.25, 0.3) is 0 Å². The fourth-order valence-electron chi connectivity index (χ4n) is 2.86. The third-order valence-electron chi connectivity index (χ3n) is 4.00. The molecular formula is C16H19N3S. The van der Waals surface area contributed by atoms with E-state index in [1.165, 1.54) is 9.71 Å². The summed E-state index contributed by atoms with van der Waals surface area (Å²) in [6, 6.07) is 10.7. The average Bonchev–Trinajstić information content (AvgIpc) is 2.91. The van der Waals surface area contributed by atoms with Crippen molar-refractivity contribution < 1.29 is 0 Å². The highest BCUT2D eigenvalue weighted by atomic mass is 32.1. The van der Waals surface area contributed by atoms with E-state index in [4.69, 9.17) is 10.2 Å². The molecule has 1 atom stereocenters. The first-order valence-electron chi connectivity index (χ1n) is 7.23. The minimum atomic E-state index is 0.133. The second-order valence-corrected chi connectivity index (χ2v) is 6.69. The van der Waals surface area contributed by atoms with Crippen LogP contribution in [0.15, 0.2) is 24.3 Å². The first-order valence-corrected chi connectivity index (χ1v) is 8.05. The van der Waals surface area contributed by atoms with E-state index in [1.807, 2.05) is 18.3 Å². The molecule has 0 saturated carbocycles. The van der Waals surface area contributed by atoms with Crippen LogP contribution in [0, 0.1) is 17.2 Å². The van der Waals surface area contributed by atoms with Crippen LogP contribution in [0.5, 0.6) is 0 Å². The maximum atomic E-state index is 8.89. The van der Waals surface area contributed by atoms with Gasteiger partial charge in [0.2, 0.25) is 0 Å². The van der Waals surface area contributed by atoms with Gasteiger partial charge in [-0.25, -0.2) is 4.98 Å². The van der Waals surface area contributed by atoms with Crippen LogP contribution in [0.2, 0.25) is 0 Å². The fraction of sp³-hybridized carbons (Fsp3) is 0.500. The SMILES string of the molecule is C[C@@H](C#N)CN1CCC(c2nc3ccccc3s2)CC1. The van der Waals surface area contributed by atoms with Crippen LogP contribution < -0.4 is 0 Å². The van der Waals surface area contributed by atoms with Crippen LogP contribution in [0.25, 0.3) is 10.2 Å². The standard InChI is InChI=1S/C16H19N3S/c1-12(10-17)11-19-8-6-13(7-9-19)16-18-14-4-2-3-5-15(14)20-16/h2-5,12-13H,6-9,11H2,1H3/t12-/m0/s1. The van der Waals surface area contributed by atoms with Crippen molar-refractivity contribution in [2.24, 2.45) is 5.92 Å². The van der Waals surface area contributed by atoms with Gasteiger partial charge in [0.15, 0.2) is 0 Å². The van der Waals surface area contributed by atoms with Crippen molar-refractivity contribution in [2.75, 3.05) is 19.6 Å². The van der Waals surface area contributed by atoms with Gasteiger partial charge < -0.3 is 4.90 Å². The molecule has 0 N–H and O–H groups in total. The molecule has 0 amide bonds. The Morgan fingerprint density at radius 2 is 2.15 bits per heavy atom. The number of benzene rings is 1. The third kappa shape index (κ3) is 2.84. The molecule has 3 rings (SSSR count). The minimum absolute atomic E-state index is 0.133. The van der Waals surface area contributed by atoms with E-state index in [9.17, 15) is 0 Å². The highest BCUT2D eigenvalue weighted by Crippen LogP contribution is 2.33. The van der Waals surface area contributed by atoms with Gasteiger partial charge in [0.1, 0.15) is 0 Å². The van der Waals surface area contributed by atoms with Gasteiger partial charge in [-0.1, -0.05) is 12.1 Å². The van der Waals surface area contributed by atoms with E-state index in [-0.39, 0.29) is 5.92 Å². The molecule has 1 aliphatic rings. The number of hydrogen-bond acceptors (Lipinski definition) is 4. The molecule has 104 valence electrons. The maximum Gasteiger partial charge on any atom is 0.0970 e.